The molecule has 0 bridgehead atoms. The average molecular weight is 322 g/mol. The molecule has 4 nitrogen and oxygen atoms in total. The second-order valence-corrected chi connectivity index (χ2v) is 5.73. The molecule has 1 heterocycles. The monoisotopic (exact) mass is 322 g/mol. The number of hydrogen-bond acceptors (Lipinski definition) is 4. The summed E-state index contributed by atoms with van der Waals surface area (Å²) in [4.78, 5) is 37.4. The van der Waals surface area contributed by atoms with Gasteiger partial charge in [0.25, 0.3) is 0 Å². The molecule has 0 N–H and O–H groups in total. The van der Waals surface area contributed by atoms with Crippen LogP contribution in [0.4, 0.5) is 4.39 Å². The highest BCUT2D eigenvalue weighted by molar-refractivity contribution is 6.27. The van der Waals surface area contributed by atoms with Crippen LogP contribution < -0.4 is 0 Å². The van der Waals surface area contributed by atoms with E-state index in [1.165, 1.54) is 24.3 Å². The third-order valence-electron chi connectivity index (χ3n) is 4.30. The summed E-state index contributed by atoms with van der Waals surface area (Å²) in [6.07, 6.45) is -0.108. The van der Waals surface area contributed by atoms with E-state index in [4.69, 9.17) is 4.74 Å². The number of esters is 1. The number of rotatable bonds is 1. The quantitative estimate of drug-likeness (QED) is 0.757. The Morgan fingerprint density at radius 2 is 1.62 bits per heavy atom. The van der Waals surface area contributed by atoms with Gasteiger partial charge >= 0.3 is 5.97 Å². The van der Waals surface area contributed by atoms with Crippen molar-refractivity contribution in [1.29, 1.82) is 0 Å². The molecule has 0 radical (unpaired) electrons. The molecule has 2 aromatic rings. The molecule has 2 aliphatic rings. The lowest BCUT2D eigenvalue weighted by Gasteiger charge is -2.29. The first-order valence-corrected chi connectivity index (χ1v) is 7.45. The van der Waals surface area contributed by atoms with Crippen molar-refractivity contribution in [3.63, 3.8) is 0 Å². The highest BCUT2D eigenvalue weighted by atomic mass is 19.1. The molecule has 1 atom stereocenters. The SMILES string of the molecule is O=C1C[C@@H](c2cccc(F)c2)C2=C(O1)C(=O)c1ccccc1C2=O. The van der Waals surface area contributed by atoms with E-state index in [1.54, 1.807) is 24.3 Å². The van der Waals surface area contributed by atoms with Crippen molar-refractivity contribution in [3.8, 4) is 0 Å². The van der Waals surface area contributed by atoms with E-state index in [0.29, 0.717) is 5.56 Å². The Morgan fingerprint density at radius 3 is 2.33 bits per heavy atom. The van der Waals surface area contributed by atoms with Crippen molar-refractivity contribution in [3.05, 3.63) is 82.4 Å². The van der Waals surface area contributed by atoms with Gasteiger partial charge in [-0.1, -0.05) is 36.4 Å². The molecular formula is C19H11FO4. The number of carbonyl (C=O) groups excluding carboxylic acids is 3. The third kappa shape index (κ3) is 2.09. The van der Waals surface area contributed by atoms with Crippen LogP contribution >= 0.6 is 0 Å². The largest absolute Gasteiger partial charge is 0.422 e. The molecule has 0 aromatic heterocycles. The lowest BCUT2D eigenvalue weighted by atomic mass is 9.77. The first kappa shape index (κ1) is 14.5. The Bertz CT molecular complexity index is 942. The van der Waals surface area contributed by atoms with Gasteiger partial charge < -0.3 is 4.74 Å². The van der Waals surface area contributed by atoms with E-state index in [9.17, 15) is 18.8 Å². The van der Waals surface area contributed by atoms with E-state index in [-0.39, 0.29) is 34.7 Å². The molecule has 5 heteroatoms. The molecule has 0 fully saturated rings. The van der Waals surface area contributed by atoms with Gasteiger partial charge in [0.2, 0.25) is 5.78 Å². The molecule has 0 spiro atoms. The Kier molecular flexibility index (Phi) is 3.16. The highest BCUT2D eigenvalue weighted by Gasteiger charge is 2.42. The van der Waals surface area contributed by atoms with Crippen LogP contribution in [0.2, 0.25) is 0 Å². The fraction of sp³-hybridized carbons (Fsp3) is 0.105. The molecule has 2 aromatic carbocycles. The van der Waals surface area contributed by atoms with Crippen LogP contribution in [0.15, 0.2) is 59.9 Å². The predicted octanol–water partition coefficient (Wildman–Crippen LogP) is 3.19. The van der Waals surface area contributed by atoms with E-state index >= 15 is 0 Å². The van der Waals surface area contributed by atoms with Crippen LogP contribution in [-0.4, -0.2) is 17.5 Å². The number of Topliss-reactive ketones (excluding diaryl/α,β-unsaturated/α-hetero) is 2. The smallest absolute Gasteiger partial charge is 0.312 e. The van der Waals surface area contributed by atoms with Crippen LogP contribution in [0.5, 0.6) is 0 Å². The number of ketones is 2. The van der Waals surface area contributed by atoms with Crippen molar-refractivity contribution in [2.24, 2.45) is 0 Å². The van der Waals surface area contributed by atoms with Crippen LogP contribution in [0.1, 0.15) is 38.6 Å². The minimum absolute atomic E-state index is 0.108. The third-order valence-corrected chi connectivity index (χ3v) is 4.30. The molecule has 0 saturated heterocycles. The number of benzene rings is 2. The minimum atomic E-state index is -0.693. The van der Waals surface area contributed by atoms with Crippen LogP contribution in [0.3, 0.4) is 0 Å². The van der Waals surface area contributed by atoms with Gasteiger partial charge in [-0.2, -0.15) is 0 Å². The summed E-state index contributed by atoms with van der Waals surface area (Å²) in [6, 6.07) is 12.1. The van der Waals surface area contributed by atoms with E-state index in [2.05, 4.69) is 0 Å². The number of carbonyl (C=O) groups is 3. The molecule has 118 valence electrons. The Labute approximate surface area is 136 Å². The van der Waals surface area contributed by atoms with Gasteiger partial charge in [0.1, 0.15) is 5.82 Å². The first-order chi connectivity index (χ1) is 11.6. The van der Waals surface area contributed by atoms with Crippen LogP contribution in [-0.2, 0) is 9.53 Å². The number of hydrogen-bond donors (Lipinski definition) is 0. The summed E-state index contributed by atoms with van der Waals surface area (Å²) in [6.45, 7) is 0. The number of allylic oxidation sites excluding steroid dienone is 2. The van der Waals surface area contributed by atoms with Crippen molar-refractivity contribution in [2.45, 2.75) is 12.3 Å². The maximum absolute atomic E-state index is 13.6. The Morgan fingerprint density at radius 1 is 0.917 bits per heavy atom. The van der Waals surface area contributed by atoms with Gasteiger partial charge in [-0.05, 0) is 17.7 Å². The van der Waals surface area contributed by atoms with Gasteiger partial charge in [0.15, 0.2) is 11.5 Å². The Hall–Kier alpha value is -3.08. The summed E-state index contributed by atoms with van der Waals surface area (Å²) < 4.78 is 18.7. The molecule has 0 amide bonds. The normalized spacial score (nSPS) is 19.7. The van der Waals surface area contributed by atoms with Gasteiger partial charge in [-0.25, -0.2) is 4.39 Å². The standard InChI is InChI=1S/C19H11FO4/c20-11-5-3-4-10(8-11)14-9-15(21)24-19-16(14)17(22)12-6-1-2-7-13(12)18(19)23/h1-8,14H,9H2/t14-/m0/s1. The number of halogens is 1. The van der Waals surface area contributed by atoms with E-state index in [1.807, 2.05) is 0 Å². The topological polar surface area (TPSA) is 60.4 Å². The van der Waals surface area contributed by atoms with Gasteiger partial charge in [-0.15, -0.1) is 0 Å². The molecule has 1 aliphatic carbocycles. The van der Waals surface area contributed by atoms with Crippen molar-refractivity contribution < 1.29 is 23.5 Å². The summed E-state index contributed by atoms with van der Waals surface area (Å²) in [5.41, 5.74) is 1.10. The fourth-order valence-corrected chi connectivity index (χ4v) is 3.22. The molecule has 0 unspecified atom stereocenters. The van der Waals surface area contributed by atoms with Crippen LogP contribution in [0, 0.1) is 5.82 Å². The molecule has 24 heavy (non-hydrogen) atoms. The lowest BCUT2D eigenvalue weighted by molar-refractivity contribution is -0.140. The zero-order valence-corrected chi connectivity index (χ0v) is 12.4. The number of ether oxygens (including phenoxy) is 1. The first-order valence-electron chi connectivity index (χ1n) is 7.45. The predicted molar refractivity (Wildman–Crippen MR) is 82.0 cm³/mol. The van der Waals surface area contributed by atoms with Crippen molar-refractivity contribution in [2.75, 3.05) is 0 Å². The van der Waals surface area contributed by atoms with Crippen molar-refractivity contribution >= 4 is 17.5 Å². The maximum Gasteiger partial charge on any atom is 0.312 e. The summed E-state index contributed by atoms with van der Waals surface area (Å²) >= 11 is 0. The minimum Gasteiger partial charge on any atom is -0.422 e. The van der Waals surface area contributed by atoms with Gasteiger partial charge in [-0.3, -0.25) is 14.4 Å². The van der Waals surface area contributed by atoms with Crippen LogP contribution in [0.25, 0.3) is 0 Å². The molecule has 0 saturated carbocycles. The summed E-state index contributed by atoms with van der Waals surface area (Å²) in [5, 5.41) is 0. The summed E-state index contributed by atoms with van der Waals surface area (Å²) in [5.74, 6) is -2.85. The molecular weight excluding hydrogens is 311 g/mol. The fourth-order valence-electron chi connectivity index (χ4n) is 3.22. The lowest BCUT2D eigenvalue weighted by Crippen LogP contribution is -2.32. The second-order valence-electron chi connectivity index (χ2n) is 5.73. The maximum atomic E-state index is 13.6. The van der Waals surface area contributed by atoms with E-state index < -0.39 is 23.5 Å². The zero-order valence-electron chi connectivity index (χ0n) is 12.4. The zero-order chi connectivity index (χ0) is 16.8. The van der Waals surface area contributed by atoms with E-state index in [0.717, 1.165) is 0 Å². The van der Waals surface area contributed by atoms with Gasteiger partial charge in [0.05, 0.1) is 12.0 Å². The number of fused-ring (bicyclic) bond motifs is 1. The molecule has 1 aliphatic heterocycles. The van der Waals surface area contributed by atoms with Gasteiger partial charge in [0, 0.05) is 17.0 Å². The second kappa shape index (κ2) is 5.23. The average Bonchev–Trinajstić information content (AvgIpc) is 2.59. The highest BCUT2D eigenvalue weighted by Crippen LogP contribution is 2.41. The summed E-state index contributed by atoms with van der Waals surface area (Å²) in [7, 11) is 0. The Balaban J connectivity index is 1.92. The van der Waals surface area contributed by atoms with Crippen molar-refractivity contribution in [1.82, 2.24) is 0 Å². The molecule has 4 rings (SSSR count).